The van der Waals surface area contributed by atoms with Crippen LogP contribution in [0.2, 0.25) is 0 Å². The van der Waals surface area contributed by atoms with Crippen LogP contribution in [0.1, 0.15) is 274 Å². The van der Waals surface area contributed by atoms with Crippen molar-refractivity contribution in [2.24, 2.45) is 23.7 Å². The highest BCUT2D eigenvalue weighted by atomic mass is 16.7. The minimum Gasteiger partial charge on any atom is -0.463 e. The minimum absolute atomic E-state index is 0.0262. The van der Waals surface area contributed by atoms with E-state index in [0.717, 1.165) is 54.9 Å². The average molecular weight is 1180 g/mol. The van der Waals surface area contributed by atoms with Gasteiger partial charge in [-0.3, -0.25) is 28.8 Å². The number of amides is 1. The van der Waals surface area contributed by atoms with Gasteiger partial charge in [0.05, 0.1) is 19.3 Å². The minimum atomic E-state index is -1.37. The number of rotatable bonds is 50. The van der Waals surface area contributed by atoms with Gasteiger partial charge in [0, 0.05) is 34.6 Å². The van der Waals surface area contributed by atoms with E-state index in [1.165, 1.54) is 189 Å². The highest BCUT2D eigenvalue weighted by molar-refractivity contribution is 5.83. The molecule has 3 rings (SSSR count). The van der Waals surface area contributed by atoms with Gasteiger partial charge in [0.2, 0.25) is 0 Å². The summed E-state index contributed by atoms with van der Waals surface area (Å²) < 4.78 is 47.6. The molecule has 1 saturated heterocycles. The van der Waals surface area contributed by atoms with Crippen LogP contribution in [0.15, 0.2) is 36.0 Å². The summed E-state index contributed by atoms with van der Waals surface area (Å²) in [5, 5.41) is 3.01. The molecule has 84 heavy (non-hydrogen) atoms. The van der Waals surface area contributed by atoms with Gasteiger partial charge in [-0.25, -0.2) is 0 Å². The first-order valence-electron chi connectivity index (χ1n) is 33.5. The van der Waals surface area contributed by atoms with Crippen molar-refractivity contribution in [1.82, 2.24) is 5.32 Å². The zero-order chi connectivity index (χ0) is 61.3. The monoisotopic (exact) mass is 1180 g/mol. The van der Waals surface area contributed by atoms with E-state index in [1.807, 2.05) is 19.9 Å². The Bertz CT molecular complexity index is 1930. The zero-order valence-corrected chi connectivity index (χ0v) is 54.0. The van der Waals surface area contributed by atoms with Crippen LogP contribution in [0.5, 0.6) is 0 Å². The number of carbonyl (C=O) groups excluding carboxylic acids is 6. The molecule has 0 spiro atoms. The largest absolute Gasteiger partial charge is 0.463 e. The van der Waals surface area contributed by atoms with Crippen molar-refractivity contribution in [3.63, 3.8) is 0 Å². The molecular formula is C69H117NO14. The van der Waals surface area contributed by atoms with Crippen molar-refractivity contribution < 1.29 is 66.7 Å². The Hall–Kier alpha value is -4.08. The van der Waals surface area contributed by atoms with Crippen LogP contribution in [0.25, 0.3) is 0 Å². The van der Waals surface area contributed by atoms with Crippen molar-refractivity contribution >= 4 is 35.8 Å². The summed E-state index contributed by atoms with van der Waals surface area (Å²) >= 11 is 0. The SMILES string of the molecule is CCCCCCCCCCC1CC1CCCC/C=C\CCC[C@@H](OC(C)=O)[C@H](CO[C@@H]1O[C@H](COC(C)=O)[C@H](OC(C)=O)[C@H](OC(C)=O)[C@H]1OCC=C(C)C)NC(=O)[C@@H](CC/C=C\CCCCC1CC1CCCCCCCCCC)OC(C)=O. The second-order valence-corrected chi connectivity index (χ2v) is 24.8. The van der Waals surface area contributed by atoms with Gasteiger partial charge in [0.25, 0.3) is 5.91 Å². The summed E-state index contributed by atoms with van der Waals surface area (Å²) in [7, 11) is 0. The van der Waals surface area contributed by atoms with E-state index in [1.54, 1.807) is 6.08 Å². The van der Waals surface area contributed by atoms with Crippen LogP contribution in [-0.2, 0) is 66.7 Å². The molecule has 482 valence electrons. The van der Waals surface area contributed by atoms with Gasteiger partial charge in [-0.05, 0) is 108 Å². The molecule has 0 aromatic heterocycles. The summed E-state index contributed by atoms with van der Waals surface area (Å²) in [6, 6.07) is -1.01. The molecule has 0 aromatic carbocycles. The predicted octanol–water partition coefficient (Wildman–Crippen LogP) is 15.4. The third-order valence-electron chi connectivity index (χ3n) is 16.7. The maximum atomic E-state index is 14.4. The number of allylic oxidation sites excluding steroid dienone is 5. The van der Waals surface area contributed by atoms with E-state index in [2.05, 4.69) is 37.4 Å². The number of hydrogen-bond acceptors (Lipinski definition) is 14. The number of carbonyl (C=O) groups is 6. The lowest BCUT2D eigenvalue weighted by atomic mass is 9.98. The van der Waals surface area contributed by atoms with Crippen molar-refractivity contribution in [3.8, 4) is 0 Å². The van der Waals surface area contributed by atoms with E-state index >= 15 is 0 Å². The van der Waals surface area contributed by atoms with Crippen LogP contribution < -0.4 is 5.32 Å². The number of ether oxygens (including phenoxy) is 8. The molecule has 1 amide bonds. The van der Waals surface area contributed by atoms with E-state index in [9.17, 15) is 28.8 Å². The fourth-order valence-corrected chi connectivity index (χ4v) is 11.8. The number of unbranched alkanes of at least 4 members (excludes halogenated alkanes) is 19. The topological polar surface area (TPSA) is 188 Å². The smallest absolute Gasteiger partial charge is 0.303 e. The van der Waals surface area contributed by atoms with Crippen molar-refractivity contribution in [2.45, 2.75) is 323 Å². The molecule has 1 heterocycles. The van der Waals surface area contributed by atoms with Gasteiger partial charge in [-0.1, -0.05) is 191 Å². The molecule has 15 nitrogen and oxygen atoms in total. The Kier molecular flexibility index (Phi) is 39.9. The van der Waals surface area contributed by atoms with Gasteiger partial charge in [0.15, 0.2) is 24.6 Å². The second kappa shape index (κ2) is 45.2. The molecule has 15 heteroatoms. The second-order valence-electron chi connectivity index (χ2n) is 24.8. The summed E-state index contributed by atoms with van der Waals surface area (Å²) in [5.74, 6) is -0.203. The van der Waals surface area contributed by atoms with Crippen LogP contribution in [0.4, 0.5) is 0 Å². The lowest BCUT2D eigenvalue weighted by molar-refractivity contribution is -0.313. The highest BCUT2D eigenvalue weighted by Crippen LogP contribution is 2.47. The fourth-order valence-electron chi connectivity index (χ4n) is 11.8. The molecule has 1 N–H and O–H groups in total. The van der Waals surface area contributed by atoms with Gasteiger partial charge in [-0.15, -0.1) is 0 Å². The van der Waals surface area contributed by atoms with Crippen LogP contribution in [-0.4, -0.2) is 105 Å². The lowest BCUT2D eigenvalue weighted by Gasteiger charge is -2.44. The van der Waals surface area contributed by atoms with Crippen molar-refractivity contribution in [2.75, 3.05) is 19.8 Å². The van der Waals surface area contributed by atoms with Gasteiger partial charge in [0.1, 0.15) is 24.9 Å². The number of hydrogen-bond donors (Lipinski definition) is 1. The lowest BCUT2D eigenvalue weighted by Crippen LogP contribution is -2.63. The molecule has 2 saturated carbocycles. The Labute approximate surface area is 508 Å². The molecule has 3 aliphatic rings. The van der Waals surface area contributed by atoms with E-state index < -0.39 is 91.3 Å². The van der Waals surface area contributed by atoms with Crippen LogP contribution in [0.3, 0.4) is 0 Å². The highest BCUT2D eigenvalue weighted by Gasteiger charge is 2.52. The molecule has 0 bridgehead atoms. The Morgan fingerprint density at radius 2 is 0.952 bits per heavy atom. The molecule has 0 radical (unpaired) electrons. The van der Waals surface area contributed by atoms with Gasteiger partial charge in [-0.2, -0.15) is 0 Å². The van der Waals surface area contributed by atoms with E-state index in [0.29, 0.717) is 25.7 Å². The Morgan fingerprint density at radius 1 is 0.488 bits per heavy atom. The maximum absolute atomic E-state index is 14.4. The van der Waals surface area contributed by atoms with E-state index in [-0.39, 0.29) is 19.6 Å². The first kappa shape index (κ1) is 74.2. The standard InChI is InChI=1S/C69H117NO14/c1-10-12-14-16-18-21-27-33-39-57-47-59(57)41-35-29-23-20-24-31-37-43-62(80-53(6)72)61(49-79-69-67(77-46-45-51(3)4)66(83-56(9)75)65(82-55(8)74)64(84-69)50-78-52(5)71)70-68(76)63(81-54(7)73)44-38-32-26-25-30-36-42-60-48-58(60)40-34-28-22-19-17-15-13-11-2/h20,24,26,32,45,57-67,69H,10-19,21-23,25,27-31,33-44,46-50H2,1-9H3,(H,70,76)/b24-20-,32-26-/t57?,58?,59?,60?,61-,62+,63+,64+,65-,66-,67+,69+/m0/s1. The molecule has 3 fully saturated rings. The first-order valence-corrected chi connectivity index (χ1v) is 33.5. The van der Waals surface area contributed by atoms with Gasteiger partial charge < -0.3 is 43.2 Å². The molecular weight excluding hydrogens is 1070 g/mol. The Morgan fingerprint density at radius 3 is 1.43 bits per heavy atom. The quantitative estimate of drug-likeness (QED) is 0.0262. The number of esters is 5. The normalized spacial score (nSPS) is 22.9. The van der Waals surface area contributed by atoms with Crippen molar-refractivity contribution in [3.05, 3.63) is 36.0 Å². The van der Waals surface area contributed by atoms with Gasteiger partial charge >= 0.3 is 29.8 Å². The molecule has 2 aliphatic carbocycles. The molecule has 4 unspecified atom stereocenters. The third-order valence-corrected chi connectivity index (χ3v) is 16.7. The predicted molar refractivity (Wildman–Crippen MR) is 331 cm³/mol. The van der Waals surface area contributed by atoms with Crippen LogP contribution >= 0.6 is 0 Å². The van der Waals surface area contributed by atoms with E-state index in [4.69, 9.17) is 37.9 Å². The Balaban J connectivity index is 1.69. The van der Waals surface area contributed by atoms with Crippen molar-refractivity contribution in [1.29, 1.82) is 0 Å². The summed E-state index contributed by atoms with van der Waals surface area (Å²) in [4.78, 5) is 77.1. The summed E-state index contributed by atoms with van der Waals surface area (Å²) in [5.41, 5.74) is 0.935. The molecule has 0 aromatic rings. The first-order chi connectivity index (χ1) is 40.5. The molecule has 1 aliphatic heterocycles. The van der Waals surface area contributed by atoms with Crippen LogP contribution in [0, 0.1) is 23.7 Å². The summed E-state index contributed by atoms with van der Waals surface area (Å²) in [6.07, 6.45) is 40.9. The summed E-state index contributed by atoms with van der Waals surface area (Å²) in [6.45, 7) is 13.8. The zero-order valence-electron chi connectivity index (χ0n) is 54.0. The maximum Gasteiger partial charge on any atom is 0.303 e. The molecule has 12 atom stereocenters. The fraction of sp³-hybridized carbons (Fsp3) is 0.826. The number of nitrogens with one attached hydrogen (secondary N) is 1. The average Bonchev–Trinajstić information content (AvgIpc) is 3.77. The third kappa shape index (κ3) is 34.9.